The molecule has 2 amide bonds. The van der Waals surface area contributed by atoms with Gasteiger partial charge in [-0.1, -0.05) is 36.8 Å². The van der Waals surface area contributed by atoms with E-state index >= 15 is 0 Å². The molecule has 0 bridgehead atoms. The predicted molar refractivity (Wildman–Crippen MR) is 107 cm³/mol. The molecule has 2 aromatic carbocycles. The number of aryl methyl sites for hydroxylation is 2. The van der Waals surface area contributed by atoms with Crippen molar-refractivity contribution < 1.29 is 14.3 Å². The lowest BCUT2D eigenvalue weighted by atomic mass is 10.1. The van der Waals surface area contributed by atoms with Crippen LogP contribution in [0.2, 0.25) is 0 Å². The van der Waals surface area contributed by atoms with Gasteiger partial charge < -0.3 is 10.1 Å². The van der Waals surface area contributed by atoms with Crippen molar-refractivity contribution in [2.75, 3.05) is 11.9 Å². The van der Waals surface area contributed by atoms with E-state index in [0.717, 1.165) is 28.9 Å². The Bertz CT molecular complexity index is 831. The number of carbonyl (C=O) groups is 2. The molecule has 0 heterocycles. The third-order valence-electron chi connectivity index (χ3n) is 3.71. The van der Waals surface area contributed by atoms with E-state index in [1.165, 1.54) is 6.21 Å². The number of benzene rings is 2. The fraction of sp³-hybridized carbons (Fsp3) is 0.286. The molecular weight excluding hydrogens is 342 g/mol. The quantitative estimate of drug-likeness (QED) is 0.425. The Morgan fingerprint density at radius 1 is 1.11 bits per heavy atom. The summed E-state index contributed by atoms with van der Waals surface area (Å²) in [6.07, 6.45) is 2.14. The third-order valence-corrected chi connectivity index (χ3v) is 3.71. The van der Waals surface area contributed by atoms with Gasteiger partial charge in [0.25, 0.3) is 0 Å². The SMILES string of the molecule is CCCOc1cccc(C=NNC(=O)CC(=O)Nc2ccc(C)cc2C)c1. The highest BCUT2D eigenvalue weighted by molar-refractivity contribution is 6.04. The number of amides is 2. The lowest BCUT2D eigenvalue weighted by molar-refractivity contribution is -0.126. The number of anilines is 1. The van der Waals surface area contributed by atoms with E-state index in [1.54, 1.807) is 0 Å². The summed E-state index contributed by atoms with van der Waals surface area (Å²) >= 11 is 0. The van der Waals surface area contributed by atoms with Gasteiger partial charge in [-0.05, 0) is 49.6 Å². The monoisotopic (exact) mass is 367 g/mol. The molecule has 2 rings (SSSR count). The maximum Gasteiger partial charge on any atom is 0.249 e. The van der Waals surface area contributed by atoms with Crippen LogP contribution in [0, 0.1) is 13.8 Å². The van der Waals surface area contributed by atoms with Gasteiger partial charge in [-0.2, -0.15) is 5.10 Å². The molecule has 0 unspecified atom stereocenters. The molecule has 27 heavy (non-hydrogen) atoms. The lowest BCUT2D eigenvalue weighted by Crippen LogP contribution is -2.24. The van der Waals surface area contributed by atoms with E-state index in [0.29, 0.717) is 12.3 Å². The van der Waals surface area contributed by atoms with E-state index in [4.69, 9.17) is 4.74 Å². The minimum atomic E-state index is -0.480. The van der Waals surface area contributed by atoms with Crippen molar-refractivity contribution in [2.24, 2.45) is 5.10 Å². The second-order valence-electron chi connectivity index (χ2n) is 6.26. The summed E-state index contributed by atoms with van der Waals surface area (Å²) in [5, 5.41) is 6.63. The molecule has 0 aliphatic heterocycles. The standard InChI is InChI=1S/C21H25N3O3/c1-4-10-27-18-7-5-6-17(12-18)14-22-24-21(26)13-20(25)23-19-9-8-15(2)11-16(19)3/h5-9,11-12,14H,4,10,13H2,1-3H3,(H,23,25)(H,24,26). The molecule has 142 valence electrons. The van der Waals surface area contributed by atoms with Crippen LogP contribution < -0.4 is 15.5 Å². The molecule has 2 N–H and O–H groups in total. The molecule has 0 atom stereocenters. The molecule has 0 radical (unpaired) electrons. The van der Waals surface area contributed by atoms with Gasteiger partial charge in [0.1, 0.15) is 12.2 Å². The van der Waals surface area contributed by atoms with Crippen molar-refractivity contribution in [1.29, 1.82) is 0 Å². The van der Waals surface area contributed by atoms with Gasteiger partial charge >= 0.3 is 0 Å². The molecule has 0 fully saturated rings. The molecule has 0 spiro atoms. The van der Waals surface area contributed by atoms with Crippen LogP contribution in [0.4, 0.5) is 5.69 Å². The Morgan fingerprint density at radius 3 is 2.67 bits per heavy atom. The first-order valence-corrected chi connectivity index (χ1v) is 8.90. The van der Waals surface area contributed by atoms with Gasteiger partial charge in [0.05, 0.1) is 12.8 Å². The van der Waals surface area contributed by atoms with E-state index < -0.39 is 5.91 Å². The Kier molecular flexibility index (Phi) is 7.55. The van der Waals surface area contributed by atoms with Crippen LogP contribution in [-0.2, 0) is 9.59 Å². The van der Waals surface area contributed by atoms with Crippen LogP contribution in [0.25, 0.3) is 0 Å². The number of nitrogens with zero attached hydrogens (tertiary/aromatic N) is 1. The summed E-state index contributed by atoms with van der Waals surface area (Å²) in [7, 11) is 0. The third kappa shape index (κ3) is 6.93. The van der Waals surface area contributed by atoms with E-state index in [2.05, 4.69) is 15.8 Å². The number of rotatable bonds is 8. The highest BCUT2D eigenvalue weighted by atomic mass is 16.5. The molecule has 0 saturated carbocycles. The summed E-state index contributed by atoms with van der Waals surface area (Å²) < 4.78 is 5.55. The maximum atomic E-state index is 12.0. The van der Waals surface area contributed by atoms with Crippen LogP contribution in [-0.4, -0.2) is 24.6 Å². The minimum absolute atomic E-state index is 0.301. The highest BCUT2D eigenvalue weighted by Gasteiger charge is 2.10. The van der Waals surface area contributed by atoms with Crippen LogP contribution in [0.15, 0.2) is 47.6 Å². The van der Waals surface area contributed by atoms with Gasteiger partial charge in [0.2, 0.25) is 11.8 Å². The zero-order valence-electron chi connectivity index (χ0n) is 15.9. The fourth-order valence-corrected chi connectivity index (χ4v) is 2.42. The Hall–Kier alpha value is -3.15. The van der Waals surface area contributed by atoms with Crippen molar-refractivity contribution >= 4 is 23.7 Å². The zero-order chi connectivity index (χ0) is 19.6. The van der Waals surface area contributed by atoms with Crippen LogP contribution in [0.1, 0.15) is 36.5 Å². The predicted octanol–water partition coefficient (Wildman–Crippen LogP) is 3.57. The second kappa shape index (κ2) is 10.1. The van der Waals surface area contributed by atoms with Crippen LogP contribution in [0.5, 0.6) is 5.75 Å². The maximum absolute atomic E-state index is 12.0. The Labute approximate surface area is 159 Å². The number of ether oxygens (including phenoxy) is 1. The van der Waals surface area contributed by atoms with Crippen LogP contribution >= 0.6 is 0 Å². The summed E-state index contributed by atoms with van der Waals surface area (Å²) in [6, 6.07) is 13.1. The van der Waals surface area contributed by atoms with Gasteiger partial charge in [-0.25, -0.2) is 5.43 Å². The van der Waals surface area contributed by atoms with Gasteiger partial charge in [-0.3, -0.25) is 9.59 Å². The van der Waals surface area contributed by atoms with Crippen molar-refractivity contribution in [3.8, 4) is 5.75 Å². The number of hydrogen-bond donors (Lipinski definition) is 2. The zero-order valence-corrected chi connectivity index (χ0v) is 15.9. The Balaban J connectivity index is 1.83. The molecule has 6 nitrogen and oxygen atoms in total. The fourth-order valence-electron chi connectivity index (χ4n) is 2.42. The molecule has 0 aliphatic rings. The number of carbonyl (C=O) groups excluding carboxylic acids is 2. The summed E-state index contributed by atoms with van der Waals surface area (Å²) in [6.45, 7) is 6.57. The molecular formula is C21H25N3O3. The minimum Gasteiger partial charge on any atom is -0.494 e. The van der Waals surface area contributed by atoms with Crippen molar-refractivity contribution in [2.45, 2.75) is 33.6 Å². The summed E-state index contributed by atoms with van der Waals surface area (Å²) in [5.41, 5.74) is 5.92. The van der Waals surface area contributed by atoms with E-state index in [1.807, 2.05) is 63.2 Å². The number of nitrogens with one attached hydrogen (secondary N) is 2. The smallest absolute Gasteiger partial charge is 0.249 e. The van der Waals surface area contributed by atoms with E-state index in [-0.39, 0.29) is 12.3 Å². The van der Waals surface area contributed by atoms with Crippen molar-refractivity contribution in [1.82, 2.24) is 5.43 Å². The van der Waals surface area contributed by atoms with Crippen molar-refractivity contribution in [3.63, 3.8) is 0 Å². The summed E-state index contributed by atoms with van der Waals surface area (Å²) in [4.78, 5) is 23.9. The molecule has 0 aliphatic carbocycles. The molecule has 0 saturated heterocycles. The van der Waals surface area contributed by atoms with E-state index in [9.17, 15) is 9.59 Å². The Morgan fingerprint density at radius 2 is 1.93 bits per heavy atom. The first-order valence-electron chi connectivity index (χ1n) is 8.90. The molecule has 0 aromatic heterocycles. The highest BCUT2D eigenvalue weighted by Crippen LogP contribution is 2.16. The summed E-state index contributed by atoms with van der Waals surface area (Å²) in [5.74, 6) is -0.114. The topological polar surface area (TPSA) is 79.8 Å². The average Bonchev–Trinajstić information content (AvgIpc) is 2.62. The van der Waals surface area contributed by atoms with Gasteiger partial charge in [0.15, 0.2) is 0 Å². The van der Waals surface area contributed by atoms with Gasteiger partial charge in [-0.15, -0.1) is 0 Å². The largest absolute Gasteiger partial charge is 0.494 e. The number of hydrazone groups is 1. The molecule has 6 heteroatoms. The first-order chi connectivity index (χ1) is 13.0. The van der Waals surface area contributed by atoms with Gasteiger partial charge in [0, 0.05) is 5.69 Å². The van der Waals surface area contributed by atoms with Crippen molar-refractivity contribution in [3.05, 3.63) is 59.2 Å². The lowest BCUT2D eigenvalue weighted by Gasteiger charge is -2.08. The van der Waals surface area contributed by atoms with Crippen LogP contribution in [0.3, 0.4) is 0 Å². The normalized spacial score (nSPS) is 10.6. The first kappa shape index (κ1) is 20.2. The average molecular weight is 367 g/mol. The molecule has 2 aromatic rings. The second-order valence-corrected chi connectivity index (χ2v) is 6.26. The number of hydrogen-bond acceptors (Lipinski definition) is 4.